The summed E-state index contributed by atoms with van der Waals surface area (Å²) in [5, 5.41) is 2.84. The number of nitrogens with one attached hydrogen (secondary N) is 1. The van der Waals surface area contributed by atoms with Gasteiger partial charge in [-0.05, 0) is 49.8 Å². The highest BCUT2D eigenvalue weighted by Gasteiger charge is 2.26. The molecule has 1 aromatic rings. The molecule has 2 rings (SSSR count). The lowest BCUT2D eigenvalue weighted by Crippen LogP contribution is -2.45. The van der Waals surface area contributed by atoms with E-state index in [1.54, 1.807) is 7.11 Å². The molecule has 0 aromatic heterocycles. The van der Waals surface area contributed by atoms with E-state index >= 15 is 0 Å². The molecule has 1 saturated heterocycles. The van der Waals surface area contributed by atoms with E-state index in [0.29, 0.717) is 12.6 Å². The van der Waals surface area contributed by atoms with Gasteiger partial charge >= 0.3 is 0 Å². The molecule has 24 heavy (non-hydrogen) atoms. The molecule has 0 spiro atoms. The first-order valence-electron chi connectivity index (χ1n) is 8.83. The van der Waals surface area contributed by atoms with E-state index in [9.17, 15) is 9.59 Å². The molecule has 1 fully saturated rings. The molecule has 1 atom stereocenters. The number of ether oxygens (including phenoxy) is 1. The van der Waals surface area contributed by atoms with Crippen LogP contribution in [-0.2, 0) is 16.0 Å². The van der Waals surface area contributed by atoms with E-state index in [2.05, 4.69) is 12.2 Å². The fourth-order valence-corrected chi connectivity index (χ4v) is 3.23. The first-order valence-corrected chi connectivity index (χ1v) is 8.83. The van der Waals surface area contributed by atoms with Gasteiger partial charge in [-0.3, -0.25) is 9.59 Å². The van der Waals surface area contributed by atoms with Crippen LogP contribution in [0.5, 0.6) is 5.75 Å². The highest BCUT2D eigenvalue weighted by atomic mass is 16.5. The van der Waals surface area contributed by atoms with Crippen molar-refractivity contribution in [2.75, 3.05) is 20.2 Å². The molecular formula is C19H28N2O3. The normalized spacial score (nSPS) is 17.4. The van der Waals surface area contributed by atoms with Crippen molar-refractivity contribution in [2.45, 2.75) is 51.5 Å². The van der Waals surface area contributed by atoms with Gasteiger partial charge in [-0.25, -0.2) is 0 Å². The Hall–Kier alpha value is -2.04. The summed E-state index contributed by atoms with van der Waals surface area (Å²) in [7, 11) is 1.64. The van der Waals surface area contributed by atoms with Crippen molar-refractivity contribution in [3.63, 3.8) is 0 Å². The maximum absolute atomic E-state index is 12.3. The van der Waals surface area contributed by atoms with Crippen molar-refractivity contribution in [1.82, 2.24) is 10.2 Å². The molecule has 1 heterocycles. The molecule has 1 aliphatic rings. The lowest BCUT2D eigenvalue weighted by molar-refractivity contribution is -0.139. The minimum atomic E-state index is -0.191. The number of likely N-dealkylation sites (tertiary alicyclic amines) is 1. The Labute approximate surface area is 144 Å². The van der Waals surface area contributed by atoms with Crippen LogP contribution in [-0.4, -0.2) is 43.0 Å². The first kappa shape index (κ1) is 18.3. The number of carbonyl (C=O) groups is 2. The van der Waals surface area contributed by atoms with Gasteiger partial charge in [0.1, 0.15) is 12.2 Å². The third-order valence-corrected chi connectivity index (χ3v) is 4.60. The Morgan fingerprint density at radius 1 is 1.33 bits per heavy atom. The Balaban J connectivity index is 1.75. The Bertz CT molecular complexity index is 559. The second kappa shape index (κ2) is 9.30. The molecule has 0 bridgehead atoms. The summed E-state index contributed by atoms with van der Waals surface area (Å²) in [4.78, 5) is 26.3. The molecule has 1 N–H and O–H groups in total. The zero-order chi connectivity index (χ0) is 17.4. The lowest BCUT2D eigenvalue weighted by atomic mass is 9.99. The SMILES string of the molecule is CCC1CCCCN1C(=O)CC(=O)NCCc1cccc(OC)c1. The van der Waals surface area contributed by atoms with Gasteiger partial charge < -0.3 is 15.0 Å². The second-order valence-corrected chi connectivity index (χ2v) is 6.27. The Morgan fingerprint density at radius 3 is 2.92 bits per heavy atom. The Morgan fingerprint density at radius 2 is 2.17 bits per heavy atom. The van der Waals surface area contributed by atoms with E-state index < -0.39 is 0 Å². The van der Waals surface area contributed by atoms with Gasteiger partial charge in [-0.1, -0.05) is 19.1 Å². The summed E-state index contributed by atoms with van der Waals surface area (Å²) < 4.78 is 5.19. The topological polar surface area (TPSA) is 58.6 Å². The number of hydrogen-bond donors (Lipinski definition) is 1. The minimum absolute atomic E-state index is 0.0413. The largest absolute Gasteiger partial charge is 0.497 e. The Kier molecular flexibility index (Phi) is 7.09. The fraction of sp³-hybridized carbons (Fsp3) is 0.579. The van der Waals surface area contributed by atoms with Gasteiger partial charge in [-0.15, -0.1) is 0 Å². The van der Waals surface area contributed by atoms with Crippen LogP contribution < -0.4 is 10.1 Å². The average Bonchev–Trinajstić information content (AvgIpc) is 2.61. The third kappa shape index (κ3) is 5.25. The van der Waals surface area contributed by atoms with Gasteiger partial charge in [0.15, 0.2) is 0 Å². The molecule has 1 aliphatic heterocycles. The van der Waals surface area contributed by atoms with Crippen LogP contribution in [0.15, 0.2) is 24.3 Å². The van der Waals surface area contributed by atoms with Crippen molar-refractivity contribution in [3.05, 3.63) is 29.8 Å². The van der Waals surface area contributed by atoms with E-state index in [0.717, 1.165) is 43.5 Å². The molecule has 2 amide bonds. The summed E-state index contributed by atoms with van der Waals surface area (Å²) in [5.74, 6) is 0.577. The van der Waals surface area contributed by atoms with Gasteiger partial charge in [0.05, 0.1) is 7.11 Å². The second-order valence-electron chi connectivity index (χ2n) is 6.27. The molecular weight excluding hydrogens is 304 g/mol. The van der Waals surface area contributed by atoms with Gasteiger partial charge in [0, 0.05) is 19.1 Å². The van der Waals surface area contributed by atoms with Gasteiger partial charge in [0.25, 0.3) is 0 Å². The lowest BCUT2D eigenvalue weighted by Gasteiger charge is -2.35. The smallest absolute Gasteiger partial charge is 0.232 e. The quantitative estimate of drug-likeness (QED) is 0.781. The van der Waals surface area contributed by atoms with E-state index in [1.165, 1.54) is 6.42 Å². The standard InChI is InChI=1S/C19H28N2O3/c1-3-16-8-4-5-12-21(16)19(23)14-18(22)20-11-10-15-7-6-9-17(13-15)24-2/h6-7,9,13,16H,3-5,8,10-12,14H2,1-2H3,(H,20,22). The van der Waals surface area contributed by atoms with Crippen LogP contribution in [0.4, 0.5) is 0 Å². The number of piperidine rings is 1. The molecule has 1 unspecified atom stereocenters. The number of methoxy groups -OCH3 is 1. The summed E-state index contributed by atoms with van der Waals surface area (Å²) in [5.41, 5.74) is 1.10. The van der Waals surface area contributed by atoms with E-state index in [1.807, 2.05) is 29.2 Å². The summed E-state index contributed by atoms with van der Waals surface area (Å²) in [6, 6.07) is 8.08. The highest BCUT2D eigenvalue weighted by molar-refractivity contribution is 5.97. The first-order chi connectivity index (χ1) is 11.6. The number of hydrogen-bond acceptors (Lipinski definition) is 3. The number of nitrogens with zero attached hydrogens (tertiary/aromatic N) is 1. The van der Waals surface area contributed by atoms with Crippen molar-refractivity contribution in [3.8, 4) is 5.75 Å². The molecule has 5 nitrogen and oxygen atoms in total. The average molecular weight is 332 g/mol. The summed E-state index contributed by atoms with van der Waals surface area (Å²) in [6.45, 7) is 3.41. The predicted octanol–water partition coefficient (Wildman–Crippen LogP) is 2.54. The zero-order valence-corrected chi connectivity index (χ0v) is 14.7. The molecule has 132 valence electrons. The highest BCUT2D eigenvalue weighted by Crippen LogP contribution is 2.20. The molecule has 1 aromatic carbocycles. The fourth-order valence-electron chi connectivity index (χ4n) is 3.23. The molecule has 0 saturated carbocycles. The van der Waals surface area contributed by atoms with Crippen LogP contribution in [0.3, 0.4) is 0 Å². The maximum atomic E-state index is 12.3. The van der Waals surface area contributed by atoms with Crippen LogP contribution in [0, 0.1) is 0 Å². The number of rotatable bonds is 7. The maximum Gasteiger partial charge on any atom is 0.232 e. The van der Waals surface area contributed by atoms with Crippen LogP contribution in [0.2, 0.25) is 0 Å². The monoisotopic (exact) mass is 332 g/mol. The molecule has 0 radical (unpaired) electrons. The van der Waals surface area contributed by atoms with Gasteiger partial charge in [-0.2, -0.15) is 0 Å². The summed E-state index contributed by atoms with van der Waals surface area (Å²) >= 11 is 0. The van der Waals surface area contributed by atoms with Crippen molar-refractivity contribution < 1.29 is 14.3 Å². The molecule has 5 heteroatoms. The van der Waals surface area contributed by atoms with Crippen molar-refractivity contribution >= 4 is 11.8 Å². The van der Waals surface area contributed by atoms with E-state index in [4.69, 9.17) is 4.74 Å². The van der Waals surface area contributed by atoms with Crippen LogP contribution in [0.25, 0.3) is 0 Å². The predicted molar refractivity (Wildman–Crippen MR) is 94.0 cm³/mol. The van der Waals surface area contributed by atoms with Crippen LogP contribution >= 0.6 is 0 Å². The third-order valence-electron chi connectivity index (χ3n) is 4.60. The zero-order valence-electron chi connectivity index (χ0n) is 14.7. The number of carbonyl (C=O) groups excluding carboxylic acids is 2. The molecule has 0 aliphatic carbocycles. The van der Waals surface area contributed by atoms with Crippen molar-refractivity contribution in [1.29, 1.82) is 0 Å². The van der Waals surface area contributed by atoms with Crippen LogP contribution in [0.1, 0.15) is 44.6 Å². The van der Waals surface area contributed by atoms with Gasteiger partial charge in [0.2, 0.25) is 11.8 Å². The number of benzene rings is 1. The number of amides is 2. The minimum Gasteiger partial charge on any atom is -0.497 e. The van der Waals surface area contributed by atoms with Crippen molar-refractivity contribution in [2.24, 2.45) is 0 Å². The summed E-state index contributed by atoms with van der Waals surface area (Å²) in [6.07, 6.45) is 4.91. The van der Waals surface area contributed by atoms with E-state index in [-0.39, 0.29) is 18.2 Å².